The number of carbonyl (C=O) groups is 2. The van der Waals surface area contributed by atoms with Crippen molar-refractivity contribution in [1.82, 2.24) is 15.1 Å². The molecule has 3 rings (SSSR count). The van der Waals surface area contributed by atoms with Gasteiger partial charge in [-0.3, -0.25) is 14.5 Å². The van der Waals surface area contributed by atoms with Crippen LogP contribution in [-0.4, -0.2) is 66.9 Å². The van der Waals surface area contributed by atoms with Gasteiger partial charge in [0.1, 0.15) is 5.75 Å². The summed E-state index contributed by atoms with van der Waals surface area (Å²) in [4.78, 5) is 28.8. The number of hydrogen-bond acceptors (Lipinski definition) is 5. The molecular weight excluding hydrogens is 402 g/mol. The van der Waals surface area contributed by atoms with Gasteiger partial charge in [-0.15, -0.1) is 0 Å². The number of nitrogens with zero attached hydrogens (tertiary/aromatic N) is 2. The zero-order chi connectivity index (χ0) is 22.8. The van der Waals surface area contributed by atoms with Gasteiger partial charge in [-0.05, 0) is 50.9 Å². The highest BCUT2D eigenvalue weighted by Crippen LogP contribution is 2.15. The van der Waals surface area contributed by atoms with Gasteiger partial charge in [0.15, 0.2) is 11.9 Å². The minimum absolute atomic E-state index is 0.0230. The standard InChI is InChI=1S/C26H35N3O3/c1-21(30)24-11-8-12-25(19-24)32-22(2)26(31)27-13-6-7-14-28-15-17-29(18-16-28)20-23-9-4-3-5-10-23/h3-5,8-12,19,22H,6-7,13-18,20H2,1-2H3,(H,27,31). The van der Waals surface area contributed by atoms with Gasteiger partial charge in [-0.2, -0.15) is 0 Å². The minimum Gasteiger partial charge on any atom is -0.481 e. The van der Waals surface area contributed by atoms with E-state index < -0.39 is 6.10 Å². The molecule has 2 aromatic carbocycles. The Balaban J connectivity index is 1.26. The lowest BCUT2D eigenvalue weighted by Crippen LogP contribution is -2.46. The maximum absolute atomic E-state index is 12.3. The molecule has 1 saturated heterocycles. The third-order valence-corrected chi connectivity index (χ3v) is 5.84. The fourth-order valence-electron chi connectivity index (χ4n) is 3.87. The Hall–Kier alpha value is -2.70. The number of Topliss-reactive ketones (excluding diaryl/α,β-unsaturated/α-hetero) is 1. The molecule has 2 aromatic rings. The second-order valence-corrected chi connectivity index (χ2v) is 8.45. The van der Waals surface area contributed by atoms with Crippen molar-refractivity contribution in [1.29, 1.82) is 0 Å². The Morgan fingerprint density at radius 3 is 2.41 bits per heavy atom. The van der Waals surface area contributed by atoms with Crippen LogP contribution in [0.15, 0.2) is 54.6 Å². The summed E-state index contributed by atoms with van der Waals surface area (Å²) in [7, 11) is 0. The van der Waals surface area contributed by atoms with Gasteiger partial charge in [-0.1, -0.05) is 42.5 Å². The summed E-state index contributed by atoms with van der Waals surface area (Å²) in [6.45, 7) is 10.4. The number of hydrogen-bond donors (Lipinski definition) is 1. The molecule has 1 fully saturated rings. The smallest absolute Gasteiger partial charge is 0.260 e. The number of ketones is 1. The van der Waals surface area contributed by atoms with Gasteiger partial charge in [-0.25, -0.2) is 0 Å². The van der Waals surface area contributed by atoms with Crippen LogP contribution in [0.1, 0.15) is 42.6 Å². The lowest BCUT2D eigenvalue weighted by molar-refractivity contribution is -0.127. The van der Waals surface area contributed by atoms with Gasteiger partial charge >= 0.3 is 0 Å². The van der Waals surface area contributed by atoms with Gasteiger partial charge in [0.05, 0.1) is 0 Å². The summed E-state index contributed by atoms with van der Waals surface area (Å²) in [5.41, 5.74) is 1.96. The SMILES string of the molecule is CC(=O)c1cccc(OC(C)C(=O)NCCCCN2CCN(Cc3ccccc3)CC2)c1. The van der Waals surface area contributed by atoms with Crippen LogP contribution >= 0.6 is 0 Å². The first-order valence-electron chi connectivity index (χ1n) is 11.6. The van der Waals surface area contributed by atoms with Crippen LogP contribution in [0.3, 0.4) is 0 Å². The molecule has 6 nitrogen and oxygen atoms in total. The fraction of sp³-hybridized carbons (Fsp3) is 0.462. The van der Waals surface area contributed by atoms with Crippen molar-refractivity contribution in [2.24, 2.45) is 0 Å². The molecule has 32 heavy (non-hydrogen) atoms. The van der Waals surface area contributed by atoms with E-state index in [0.717, 1.165) is 52.1 Å². The summed E-state index contributed by atoms with van der Waals surface area (Å²) in [6, 6.07) is 17.6. The topological polar surface area (TPSA) is 61.9 Å². The van der Waals surface area contributed by atoms with Crippen LogP contribution in [0.25, 0.3) is 0 Å². The van der Waals surface area contributed by atoms with Crippen LogP contribution in [0.4, 0.5) is 0 Å². The second-order valence-electron chi connectivity index (χ2n) is 8.45. The third kappa shape index (κ3) is 7.77. The number of rotatable bonds is 11. The maximum Gasteiger partial charge on any atom is 0.260 e. The van der Waals surface area contributed by atoms with E-state index in [-0.39, 0.29) is 11.7 Å². The highest BCUT2D eigenvalue weighted by Gasteiger charge is 2.17. The summed E-state index contributed by atoms with van der Waals surface area (Å²) < 4.78 is 5.69. The molecule has 1 aliphatic rings. The van der Waals surface area contributed by atoms with Crippen molar-refractivity contribution in [2.75, 3.05) is 39.3 Å². The maximum atomic E-state index is 12.3. The molecule has 0 bridgehead atoms. The van der Waals surface area contributed by atoms with Crippen molar-refractivity contribution in [3.8, 4) is 5.75 Å². The lowest BCUT2D eigenvalue weighted by Gasteiger charge is -2.34. The summed E-state index contributed by atoms with van der Waals surface area (Å²) in [6.07, 6.45) is 1.41. The quantitative estimate of drug-likeness (QED) is 0.431. The average Bonchev–Trinajstić information content (AvgIpc) is 2.80. The zero-order valence-corrected chi connectivity index (χ0v) is 19.3. The third-order valence-electron chi connectivity index (χ3n) is 5.84. The highest BCUT2D eigenvalue weighted by atomic mass is 16.5. The van der Waals surface area contributed by atoms with Crippen LogP contribution in [0, 0.1) is 0 Å². The van der Waals surface area contributed by atoms with E-state index in [1.165, 1.54) is 12.5 Å². The fourth-order valence-corrected chi connectivity index (χ4v) is 3.87. The second kappa shape index (κ2) is 12.4. The molecule has 172 valence electrons. The first-order valence-corrected chi connectivity index (χ1v) is 11.6. The predicted octanol–water partition coefficient (Wildman–Crippen LogP) is 3.37. The first kappa shape index (κ1) is 24.0. The Morgan fingerprint density at radius 1 is 0.969 bits per heavy atom. The Bertz CT molecular complexity index is 864. The van der Waals surface area contributed by atoms with Crippen molar-refractivity contribution in [3.63, 3.8) is 0 Å². The van der Waals surface area contributed by atoms with E-state index in [1.54, 1.807) is 31.2 Å². The number of carbonyl (C=O) groups excluding carboxylic acids is 2. The molecular formula is C26H35N3O3. The van der Waals surface area contributed by atoms with Gasteiger partial charge < -0.3 is 15.0 Å². The average molecular weight is 438 g/mol. The minimum atomic E-state index is -0.602. The molecule has 0 aromatic heterocycles. The van der Waals surface area contributed by atoms with Gasteiger partial charge in [0.2, 0.25) is 0 Å². The molecule has 0 spiro atoms. The molecule has 0 radical (unpaired) electrons. The monoisotopic (exact) mass is 437 g/mol. The molecule has 1 aliphatic heterocycles. The normalized spacial score (nSPS) is 15.8. The molecule has 6 heteroatoms. The van der Waals surface area contributed by atoms with E-state index in [0.29, 0.717) is 17.9 Å². The van der Waals surface area contributed by atoms with E-state index in [2.05, 4.69) is 45.4 Å². The number of unbranched alkanes of at least 4 members (excludes halogenated alkanes) is 1. The molecule has 1 atom stereocenters. The number of ether oxygens (including phenoxy) is 1. The zero-order valence-electron chi connectivity index (χ0n) is 19.3. The Labute approximate surface area is 191 Å². The number of benzene rings is 2. The van der Waals surface area contributed by atoms with Crippen molar-refractivity contribution < 1.29 is 14.3 Å². The largest absolute Gasteiger partial charge is 0.481 e. The van der Waals surface area contributed by atoms with E-state index in [4.69, 9.17) is 4.74 Å². The highest BCUT2D eigenvalue weighted by molar-refractivity contribution is 5.94. The predicted molar refractivity (Wildman–Crippen MR) is 127 cm³/mol. The molecule has 1 N–H and O–H groups in total. The number of piperazine rings is 1. The lowest BCUT2D eigenvalue weighted by atomic mass is 10.1. The van der Waals surface area contributed by atoms with Crippen LogP contribution in [0.5, 0.6) is 5.75 Å². The molecule has 1 amide bonds. The first-order chi connectivity index (χ1) is 15.5. The van der Waals surface area contributed by atoms with Crippen molar-refractivity contribution >= 4 is 11.7 Å². The Kier molecular flexibility index (Phi) is 9.26. The number of nitrogens with one attached hydrogen (secondary N) is 1. The van der Waals surface area contributed by atoms with E-state index in [9.17, 15) is 9.59 Å². The summed E-state index contributed by atoms with van der Waals surface area (Å²) in [5.74, 6) is 0.379. The molecule has 1 unspecified atom stereocenters. The number of amides is 1. The van der Waals surface area contributed by atoms with Crippen LogP contribution < -0.4 is 10.1 Å². The molecule has 1 heterocycles. The van der Waals surface area contributed by atoms with Crippen molar-refractivity contribution in [3.05, 3.63) is 65.7 Å². The van der Waals surface area contributed by atoms with Crippen LogP contribution in [0.2, 0.25) is 0 Å². The van der Waals surface area contributed by atoms with Gasteiger partial charge in [0.25, 0.3) is 5.91 Å². The van der Waals surface area contributed by atoms with E-state index in [1.807, 2.05) is 0 Å². The Morgan fingerprint density at radius 2 is 1.69 bits per heavy atom. The van der Waals surface area contributed by atoms with E-state index >= 15 is 0 Å². The van der Waals surface area contributed by atoms with Crippen molar-refractivity contribution in [2.45, 2.75) is 39.3 Å². The summed E-state index contributed by atoms with van der Waals surface area (Å²) >= 11 is 0. The van der Waals surface area contributed by atoms with Crippen LogP contribution in [-0.2, 0) is 11.3 Å². The molecule has 0 aliphatic carbocycles. The van der Waals surface area contributed by atoms with Gasteiger partial charge in [0, 0.05) is 44.8 Å². The summed E-state index contributed by atoms with van der Waals surface area (Å²) in [5, 5.41) is 2.95. The molecule has 0 saturated carbocycles.